The first kappa shape index (κ1) is 9.53. The van der Waals surface area contributed by atoms with Crippen LogP contribution in [0.5, 0.6) is 0 Å². The number of nitrogens with two attached hydrogens (primary N) is 1. The number of tetrazole rings is 1. The summed E-state index contributed by atoms with van der Waals surface area (Å²) in [7, 11) is 0. The van der Waals surface area contributed by atoms with Gasteiger partial charge >= 0.3 is 0 Å². The highest BCUT2D eigenvalue weighted by Crippen LogP contribution is 2.11. The van der Waals surface area contributed by atoms with Gasteiger partial charge in [0.15, 0.2) is 5.11 Å². The van der Waals surface area contributed by atoms with Crippen molar-refractivity contribution in [3.8, 4) is 5.69 Å². The summed E-state index contributed by atoms with van der Waals surface area (Å²) in [5.41, 5.74) is 7.04. The van der Waals surface area contributed by atoms with Crippen molar-refractivity contribution in [2.24, 2.45) is 5.73 Å². The maximum absolute atomic E-state index is 5.34. The fourth-order valence-electron chi connectivity index (χ4n) is 1.12. The molecular weight excluding hydrogens is 212 g/mol. The van der Waals surface area contributed by atoms with Gasteiger partial charge in [-0.25, -0.2) is 4.68 Å². The topological polar surface area (TPSA) is 81.6 Å². The average Bonchev–Trinajstić information content (AvgIpc) is 2.71. The monoisotopic (exact) mass is 220 g/mol. The zero-order valence-electron chi connectivity index (χ0n) is 7.66. The van der Waals surface area contributed by atoms with Crippen molar-refractivity contribution >= 4 is 23.0 Å². The summed E-state index contributed by atoms with van der Waals surface area (Å²) in [6.45, 7) is 0. The number of hydrogen-bond donors (Lipinski definition) is 2. The molecule has 0 amide bonds. The zero-order valence-corrected chi connectivity index (χ0v) is 8.48. The number of benzene rings is 1. The van der Waals surface area contributed by atoms with Crippen LogP contribution in [0.4, 0.5) is 5.69 Å². The molecule has 0 aliphatic heterocycles. The van der Waals surface area contributed by atoms with Crippen LogP contribution in [0.25, 0.3) is 5.69 Å². The molecule has 2 aromatic rings. The molecule has 76 valence electrons. The molecule has 0 aliphatic rings. The molecule has 0 radical (unpaired) electrons. The van der Waals surface area contributed by atoms with E-state index < -0.39 is 0 Å². The number of anilines is 1. The van der Waals surface area contributed by atoms with Crippen molar-refractivity contribution in [3.05, 3.63) is 30.6 Å². The Morgan fingerprint density at radius 3 is 2.60 bits per heavy atom. The van der Waals surface area contributed by atoms with Gasteiger partial charge in [-0.15, -0.1) is 5.10 Å². The molecule has 15 heavy (non-hydrogen) atoms. The second kappa shape index (κ2) is 4.01. The van der Waals surface area contributed by atoms with Gasteiger partial charge in [-0.3, -0.25) is 0 Å². The van der Waals surface area contributed by atoms with Crippen LogP contribution in [-0.2, 0) is 0 Å². The van der Waals surface area contributed by atoms with Crippen LogP contribution < -0.4 is 11.1 Å². The summed E-state index contributed by atoms with van der Waals surface area (Å²) in [6, 6.07) is 7.40. The van der Waals surface area contributed by atoms with Crippen molar-refractivity contribution in [1.82, 2.24) is 20.2 Å². The quantitative estimate of drug-likeness (QED) is 0.709. The Kier molecular flexibility index (Phi) is 2.55. The third kappa shape index (κ3) is 2.26. The lowest BCUT2D eigenvalue weighted by Crippen LogP contribution is -2.18. The van der Waals surface area contributed by atoms with Gasteiger partial charge in [0.1, 0.15) is 6.33 Å². The molecule has 0 aliphatic carbocycles. The van der Waals surface area contributed by atoms with Gasteiger partial charge in [-0.2, -0.15) is 0 Å². The predicted octanol–water partition coefficient (Wildman–Crippen LogP) is 0.318. The first-order valence-corrected chi connectivity index (χ1v) is 4.56. The number of hydrogen-bond acceptors (Lipinski definition) is 4. The van der Waals surface area contributed by atoms with Gasteiger partial charge in [0.05, 0.1) is 5.69 Å². The fraction of sp³-hybridized carbons (Fsp3) is 0. The van der Waals surface area contributed by atoms with E-state index in [1.54, 1.807) is 4.68 Å². The molecule has 1 aromatic heterocycles. The van der Waals surface area contributed by atoms with Crippen LogP contribution in [-0.4, -0.2) is 25.3 Å². The molecule has 3 N–H and O–H groups in total. The minimum Gasteiger partial charge on any atom is -0.376 e. The van der Waals surface area contributed by atoms with E-state index in [0.717, 1.165) is 11.4 Å². The minimum atomic E-state index is 0.241. The number of thiocarbonyl (C=S) groups is 1. The summed E-state index contributed by atoms with van der Waals surface area (Å²) in [5.74, 6) is 0. The molecule has 0 bridgehead atoms. The van der Waals surface area contributed by atoms with Gasteiger partial charge in [-0.05, 0) is 46.9 Å². The lowest BCUT2D eigenvalue weighted by atomic mass is 10.3. The number of nitrogens with one attached hydrogen (secondary N) is 1. The van der Waals surface area contributed by atoms with Crippen LogP contribution in [0.2, 0.25) is 0 Å². The second-order valence-corrected chi connectivity index (χ2v) is 3.23. The average molecular weight is 220 g/mol. The van der Waals surface area contributed by atoms with Crippen molar-refractivity contribution in [3.63, 3.8) is 0 Å². The van der Waals surface area contributed by atoms with E-state index in [0.29, 0.717) is 0 Å². The second-order valence-electron chi connectivity index (χ2n) is 2.79. The van der Waals surface area contributed by atoms with Gasteiger partial charge in [0.25, 0.3) is 0 Å². The summed E-state index contributed by atoms with van der Waals surface area (Å²) in [6.07, 6.45) is 1.52. The summed E-state index contributed by atoms with van der Waals surface area (Å²) in [5, 5.41) is 13.9. The van der Waals surface area contributed by atoms with E-state index in [4.69, 9.17) is 18.0 Å². The van der Waals surface area contributed by atoms with Crippen LogP contribution >= 0.6 is 12.2 Å². The number of aromatic nitrogens is 4. The molecule has 0 fully saturated rings. The zero-order chi connectivity index (χ0) is 10.7. The standard InChI is InChI=1S/C8H8N6S/c9-8(15)11-6-1-3-7(4-2-6)14-5-10-12-13-14/h1-5H,(H3,9,11,15). The van der Waals surface area contributed by atoms with Crippen molar-refractivity contribution < 1.29 is 0 Å². The molecule has 1 heterocycles. The Balaban J connectivity index is 2.21. The van der Waals surface area contributed by atoms with Gasteiger partial charge < -0.3 is 11.1 Å². The molecule has 0 atom stereocenters. The summed E-state index contributed by atoms with van der Waals surface area (Å²) >= 11 is 4.72. The molecular formula is C8H8N6S. The van der Waals surface area contributed by atoms with Crippen LogP contribution in [0.15, 0.2) is 30.6 Å². The van der Waals surface area contributed by atoms with Crippen LogP contribution in [0.3, 0.4) is 0 Å². The highest BCUT2D eigenvalue weighted by atomic mass is 32.1. The van der Waals surface area contributed by atoms with Gasteiger partial charge in [0.2, 0.25) is 0 Å². The maximum Gasteiger partial charge on any atom is 0.168 e. The van der Waals surface area contributed by atoms with Crippen LogP contribution in [0, 0.1) is 0 Å². The van der Waals surface area contributed by atoms with E-state index in [-0.39, 0.29) is 5.11 Å². The van der Waals surface area contributed by atoms with Crippen molar-refractivity contribution in [1.29, 1.82) is 0 Å². The van der Waals surface area contributed by atoms with Crippen LogP contribution in [0.1, 0.15) is 0 Å². The summed E-state index contributed by atoms with van der Waals surface area (Å²) in [4.78, 5) is 0. The Labute approximate surface area is 91.1 Å². The smallest absolute Gasteiger partial charge is 0.168 e. The number of rotatable bonds is 2. The SMILES string of the molecule is NC(=S)Nc1ccc(-n2cnnn2)cc1. The minimum absolute atomic E-state index is 0.241. The van der Waals surface area contributed by atoms with E-state index in [9.17, 15) is 0 Å². The molecule has 0 unspecified atom stereocenters. The molecule has 6 nitrogen and oxygen atoms in total. The highest BCUT2D eigenvalue weighted by molar-refractivity contribution is 7.80. The van der Waals surface area contributed by atoms with E-state index >= 15 is 0 Å². The third-order valence-electron chi connectivity index (χ3n) is 1.75. The molecule has 1 aromatic carbocycles. The van der Waals surface area contributed by atoms with E-state index in [2.05, 4.69) is 20.8 Å². The Bertz CT molecular complexity index is 448. The third-order valence-corrected chi connectivity index (χ3v) is 1.85. The molecule has 0 spiro atoms. The number of nitrogens with zero attached hydrogens (tertiary/aromatic N) is 4. The van der Waals surface area contributed by atoms with E-state index in [1.165, 1.54) is 6.33 Å². The highest BCUT2D eigenvalue weighted by Gasteiger charge is 1.98. The van der Waals surface area contributed by atoms with Crippen molar-refractivity contribution in [2.45, 2.75) is 0 Å². The molecule has 0 saturated carbocycles. The maximum atomic E-state index is 5.34. The largest absolute Gasteiger partial charge is 0.376 e. The van der Waals surface area contributed by atoms with Crippen molar-refractivity contribution in [2.75, 3.05) is 5.32 Å². The normalized spacial score (nSPS) is 9.87. The van der Waals surface area contributed by atoms with Gasteiger partial charge in [-0.1, -0.05) is 0 Å². The Hall–Kier alpha value is -2.02. The predicted molar refractivity (Wildman–Crippen MR) is 59.6 cm³/mol. The molecule has 7 heteroatoms. The van der Waals surface area contributed by atoms with E-state index in [1.807, 2.05) is 24.3 Å². The lowest BCUT2D eigenvalue weighted by molar-refractivity contribution is 0.789. The first-order valence-electron chi connectivity index (χ1n) is 4.15. The Morgan fingerprint density at radius 1 is 1.33 bits per heavy atom. The summed E-state index contributed by atoms with van der Waals surface area (Å²) < 4.78 is 1.56. The fourth-order valence-corrected chi connectivity index (χ4v) is 1.24. The molecule has 2 rings (SSSR count). The Morgan fingerprint density at radius 2 is 2.07 bits per heavy atom. The first-order chi connectivity index (χ1) is 7.25. The molecule has 0 saturated heterocycles. The van der Waals surface area contributed by atoms with Gasteiger partial charge in [0, 0.05) is 5.69 Å². The lowest BCUT2D eigenvalue weighted by Gasteiger charge is -2.04.